The minimum absolute atomic E-state index is 0.0685. The molecule has 3 aromatic carbocycles. The van der Waals surface area contributed by atoms with E-state index in [0.717, 1.165) is 9.87 Å². The Morgan fingerprint density at radius 1 is 0.935 bits per heavy atom. The third-order valence-electron chi connectivity index (χ3n) is 4.62. The van der Waals surface area contributed by atoms with Crippen LogP contribution in [0.3, 0.4) is 0 Å². The average Bonchev–Trinajstić information content (AvgIpc) is 2.77. The van der Waals surface area contributed by atoms with Crippen molar-refractivity contribution in [2.75, 3.05) is 17.4 Å². The molecule has 0 aliphatic heterocycles. The van der Waals surface area contributed by atoms with Gasteiger partial charge < -0.3 is 5.32 Å². The molecule has 0 aromatic heterocycles. The highest BCUT2D eigenvalue weighted by Crippen LogP contribution is 2.30. The summed E-state index contributed by atoms with van der Waals surface area (Å²) < 4.78 is 40.4. The fraction of sp³-hybridized carbons (Fsp3) is 0.174. The molecule has 0 saturated carbocycles. The highest BCUT2D eigenvalue weighted by Gasteiger charge is 2.28. The third kappa shape index (κ3) is 6.06. The van der Waals surface area contributed by atoms with Gasteiger partial charge in [-0.1, -0.05) is 54.1 Å². The normalized spacial score (nSPS) is 11.2. The summed E-state index contributed by atoms with van der Waals surface area (Å²) in [7, 11) is -4.00. The minimum atomic E-state index is -4.00. The highest BCUT2D eigenvalue weighted by atomic mass is 35.5. The van der Waals surface area contributed by atoms with Crippen molar-refractivity contribution in [3.05, 3.63) is 95.3 Å². The fourth-order valence-corrected chi connectivity index (χ4v) is 4.78. The molecule has 0 fully saturated rings. The molecule has 0 unspecified atom stereocenters. The van der Waals surface area contributed by atoms with E-state index in [2.05, 4.69) is 5.32 Å². The number of halogens is 2. The first-order valence-corrected chi connectivity index (χ1v) is 11.5. The molecule has 8 heteroatoms. The molecule has 0 aliphatic carbocycles. The van der Waals surface area contributed by atoms with Gasteiger partial charge in [0.1, 0.15) is 12.4 Å². The van der Waals surface area contributed by atoms with E-state index in [1.807, 2.05) is 0 Å². The number of nitrogens with zero attached hydrogens (tertiary/aromatic N) is 1. The minimum Gasteiger partial charge on any atom is -0.355 e. The lowest BCUT2D eigenvalue weighted by Crippen LogP contribution is -2.41. The van der Waals surface area contributed by atoms with Crippen LogP contribution in [0, 0.1) is 5.82 Å². The van der Waals surface area contributed by atoms with Crippen LogP contribution >= 0.6 is 11.6 Å². The first kappa shape index (κ1) is 22.8. The second kappa shape index (κ2) is 10.4. The van der Waals surface area contributed by atoms with Gasteiger partial charge in [-0.15, -0.1) is 0 Å². The molecule has 162 valence electrons. The van der Waals surface area contributed by atoms with Crippen molar-refractivity contribution in [2.45, 2.75) is 17.7 Å². The van der Waals surface area contributed by atoms with Gasteiger partial charge in [-0.2, -0.15) is 0 Å². The standard InChI is InChI=1S/C23H22ClFN2O3S/c24-21-10-4-5-11-22(21)27(31(29,30)20-8-2-1-3-9-20)17-23(28)26-16-6-7-18-12-14-19(25)15-13-18/h1-5,8-15H,6-7,16-17H2,(H,26,28). The van der Waals surface area contributed by atoms with E-state index >= 15 is 0 Å². The summed E-state index contributed by atoms with van der Waals surface area (Å²) >= 11 is 6.24. The van der Waals surface area contributed by atoms with Crippen LogP contribution in [0.4, 0.5) is 10.1 Å². The van der Waals surface area contributed by atoms with Gasteiger partial charge in [-0.05, 0) is 54.8 Å². The number of para-hydroxylation sites is 1. The lowest BCUT2D eigenvalue weighted by molar-refractivity contribution is -0.119. The number of nitrogens with one attached hydrogen (secondary N) is 1. The molecule has 3 aromatic rings. The Morgan fingerprint density at radius 3 is 2.26 bits per heavy atom. The summed E-state index contributed by atoms with van der Waals surface area (Å²) in [6.07, 6.45) is 1.30. The molecule has 0 atom stereocenters. The van der Waals surface area contributed by atoms with Crippen molar-refractivity contribution in [1.82, 2.24) is 5.32 Å². The number of amides is 1. The van der Waals surface area contributed by atoms with Gasteiger partial charge in [0.25, 0.3) is 10.0 Å². The number of carbonyl (C=O) groups is 1. The van der Waals surface area contributed by atoms with Crippen molar-refractivity contribution in [1.29, 1.82) is 0 Å². The lowest BCUT2D eigenvalue weighted by Gasteiger charge is -2.25. The Labute approximate surface area is 186 Å². The maximum absolute atomic E-state index is 13.2. The van der Waals surface area contributed by atoms with Gasteiger partial charge in [0.05, 0.1) is 15.6 Å². The molecular weight excluding hydrogens is 439 g/mol. The average molecular weight is 461 g/mol. The zero-order valence-corrected chi connectivity index (χ0v) is 18.2. The summed E-state index contributed by atoms with van der Waals surface area (Å²) in [6, 6.07) is 20.6. The van der Waals surface area contributed by atoms with Crippen molar-refractivity contribution < 1.29 is 17.6 Å². The van der Waals surface area contributed by atoms with Crippen LogP contribution in [0.1, 0.15) is 12.0 Å². The van der Waals surface area contributed by atoms with Gasteiger partial charge in [-0.3, -0.25) is 9.10 Å². The summed E-state index contributed by atoms with van der Waals surface area (Å²) in [6.45, 7) is -0.0462. The van der Waals surface area contributed by atoms with E-state index in [1.165, 1.54) is 24.3 Å². The first-order chi connectivity index (χ1) is 14.9. The Morgan fingerprint density at radius 2 is 1.58 bits per heavy atom. The van der Waals surface area contributed by atoms with Crippen LogP contribution < -0.4 is 9.62 Å². The van der Waals surface area contributed by atoms with Gasteiger partial charge in [0, 0.05) is 6.54 Å². The first-order valence-electron chi connectivity index (χ1n) is 9.71. The summed E-state index contributed by atoms with van der Waals surface area (Å²) in [5, 5.41) is 2.97. The molecule has 0 aliphatic rings. The Kier molecular flexibility index (Phi) is 7.65. The maximum Gasteiger partial charge on any atom is 0.264 e. The number of anilines is 1. The molecule has 3 rings (SSSR count). The number of aryl methyl sites for hydroxylation is 1. The summed E-state index contributed by atoms with van der Waals surface area (Å²) in [5.41, 5.74) is 1.19. The number of benzene rings is 3. The smallest absolute Gasteiger partial charge is 0.264 e. The SMILES string of the molecule is O=C(CN(c1ccccc1Cl)S(=O)(=O)c1ccccc1)NCCCc1ccc(F)cc1. The number of rotatable bonds is 9. The molecule has 1 N–H and O–H groups in total. The molecule has 0 saturated heterocycles. The van der Waals surface area contributed by atoms with Crippen LogP contribution in [0.15, 0.2) is 83.8 Å². The van der Waals surface area contributed by atoms with Gasteiger partial charge in [-0.25, -0.2) is 12.8 Å². The van der Waals surface area contributed by atoms with E-state index in [-0.39, 0.29) is 21.4 Å². The van der Waals surface area contributed by atoms with Crippen LogP contribution in [0.25, 0.3) is 0 Å². The molecule has 0 bridgehead atoms. The summed E-state index contributed by atoms with van der Waals surface area (Å²) in [5.74, 6) is -0.741. The van der Waals surface area contributed by atoms with Crippen molar-refractivity contribution in [3.8, 4) is 0 Å². The second-order valence-electron chi connectivity index (χ2n) is 6.86. The highest BCUT2D eigenvalue weighted by molar-refractivity contribution is 7.92. The van der Waals surface area contributed by atoms with E-state index < -0.39 is 22.5 Å². The topological polar surface area (TPSA) is 66.5 Å². The number of carbonyl (C=O) groups excluding carboxylic acids is 1. The van der Waals surface area contributed by atoms with Crippen LogP contribution in [0.2, 0.25) is 5.02 Å². The van der Waals surface area contributed by atoms with Crippen LogP contribution in [-0.2, 0) is 21.2 Å². The van der Waals surface area contributed by atoms with Crippen LogP contribution in [0.5, 0.6) is 0 Å². The fourth-order valence-electron chi connectivity index (χ4n) is 3.03. The van der Waals surface area contributed by atoms with Crippen molar-refractivity contribution in [3.63, 3.8) is 0 Å². The Balaban J connectivity index is 1.69. The molecule has 0 heterocycles. The zero-order chi connectivity index (χ0) is 22.3. The van der Waals surface area contributed by atoms with Crippen molar-refractivity contribution in [2.24, 2.45) is 0 Å². The van der Waals surface area contributed by atoms with E-state index in [0.29, 0.717) is 19.4 Å². The van der Waals surface area contributed by atoms with Gasteiger partial charge in [0.2, 0.25) is 5.91 Å². The van der Waals surface area contributed by atoms with Gasteiger partial charge in [0.15, 0.2) is 0 Å². The molecule has 5 nitrogen and oxygen atoms in total. The third-order valence-corrected chi connectivity index (χ3v) is 6.71. The quantitative estimate of drug-likeness (QED) is 0.480. The number of sulfonamides is 1. The van der Waals surface area contributed by atoms with Crippen LogP contribution in [-0.4, -0.2) is 27.4 Å². The molecular formula is C23H22ClFN2O3S. The van der Waals surface area contributed by atoms with Gasteiger partial charge >= 0.3 is 0 Å². The predicted molar refractivity (Wildman–Crippen MR) is 120 cm³/mol. The maximum atomic E-state index is 13.2. The summed E-state index contributed by atoms with van der Waals surface area (Å²) in [4.78, 5) is 12.6. The van der Waals surface area contributed by atoms with E-state index in [4.69, 9.17) is 11.6 Å². The van der Waals surface area contributed by atoms with E-state index in [9.17, 15) is 17.6 Å². The largest absolute Gasteiger partial charge is 0.355 e. The Bertz CT molecular complexity index is 1120. The predicted octanol–water partition coefficient (Wildman–Crippen LogP) is 4.42. The molecule has 31 heavy (non-hydrogen) atoms. The molecule has 0 spiro atoms. The molecule has 1 amide bonds. The number of hydrogen-bond donors (Lipinski definition) is 1. The zero-order valence-electron chi connectivity index (χ0n) is 16.7. The Hall–Kier alpha value is -2.90. The van der Waals surface area contributed by atoms with E-state index in [1.54, 1.807) is 54.6 Å². The second-order valence-corrected chi connectivity index (χ2v) is 9.13. The molecule has 0 radical (unpaired) electrons. The van der Waals surface area contributed by atoms with Crippen molar-refractivity contribution >= 4 is 33.2 Å². The lowest BCUT2D eigenvalue weighted by atomic mass is 10.1. The number of hydrogen-bond acceptors (Lipinski definition) is 3. The monoisotopic (exact) mass is 460 g/mol.